The highest BCUT2D eigenvalue weighted by atomic mass is 16.5. The quantitative estimate of drug-likeness (QED) is 0.0417. The molecule has 1 aromatic rings. The third-order valence-corrected chi connectivity index (χ3v) is 8.03. The van der Waals surface area contributed by atoms with Crippen LogP contribution in [-0.2, 0) is 20.7 Å². The van der Waals surface area contributed by atoms with Gasteiger partial charge in [0.25, 0.3) is 0 Å². The Kier molecular flexibility index (Phi) is 34.8. The molecule has 0 aromatic heterocycles. The van der Waals surface area contributed by atoms with Gasteiger partial charge in [-0.1, -0.05) is 172 Å². The first-order valence-corrected chi connectivity index (χ1v) is 20.9. The van der Waals surface area contributed by atoms with Crippen LogP contribution in [0.2, 0.25) is 0 Å². The van der Waals surface area contributed by atoms with Crippen molar-refractivity contribution < 1.29 is 19.1 Å². The summed E-state index contributed by atoms with van der Waals surface area (Å²) < 4.78 is 10.9. The first-order chi connectivity index (χ1) is 27.7. The van der Waals surface area contributed by atoms with E-state index in [0.29, 0.717) is 44.5 Å². The van der Waals surface area contributed by atoms with E-state index in [9.17, 15) is 9.59 Å². The maximum atomic E-state index is 12.2. The van der Waals surface area contributed by atoms with Gasteiger partial charge in [-0.15, -0.1) is 0 Å². The number of allylic oxidation sites excluding steroid dienone is 24. The lowest BCUT2D eigenvalue weighted by Gasteiger charge is -2.06. The van der Waals surface area contributed by atoms with Gasteiger partial charge < -0.3 is 9.47 Å². The summed E-state index contributed by atoms with van der Waals surface area (Å²) in [5.74, 6) is 0.0787. The van der Waals surface area contributed by atoms with E-state index in [-0.39, 0.29) is 11.9 Å². The van der Waals surface area contributed by atoms with Crippen LogP contribution in [0.5, 0.6) is 5.75 Å². The third-order valence-electron chi connectivity index (χ3n) is 8.03. The predicted molar refractivity (Wildman–Crippen MR) is 242 cm³/mol. The van der Waals surface area contributed by atoms with Crippen molar-refractivity contribution in [2.75, 3.05) is 6.61 Å². The normalized spacial score (nSPS) is 13.0. The molecule has 0 amide bonds. The largest absolute Gasteiger partial charge is 0.465 e. The summed E-state index contributed by atoms with van der Waals surface area (Å²) in [4.78, 5) is 24.3. The molecule has 0 bridgehead atoms. The Morgan fingerprint density at radius 1 is 0.411 bits per heavy atom. The summed E-state index contributed by atoms with van der Waals surface area (Å²) in [5.41, 5.74) is 1.02. The minimum Gasteiger partial charge on any atom is -0.465 e. The Hall–Kier alpha value is -4.96. The van der Waals surface area contributed by atoms with E-state index in [1.165, 1.54) is 0 Å². The van der Waals surface area contributed by atoms with Crippen molar-refractivity contribution in [3.8, 4) is 5.75 Å². The highest BCUT2D eigenvalue weighted by molar-refractivity contribution is 5.72. The number of rotatable bonds is 32. The van der Waals surface area contributed by atoms with Gasteiger partial charge in [-0.25, -0.2) is 0 Å². The zero-order valence-corrected chi connectivity index (χ0v) is 34.5. The zero-order valence-electron chi connectivity index (χ0n) is 34.5. The number of benzene rings is 1. The smallest absolute Gasteiger partial charge is 0.311 e. The molecule has 0 unspecified atom stereocenters. The average Bonchev–Trinajstić information content (AvgIpc) is 3.20. The summed E-state index contributed by atoms with van der Waals surface area (Å²) in [6.45, 7) is 4.63. The fourth-order valence-electron chi connectivity index (χ4n) is 4.94. The van der Waals surface area contributed by atoms with Gasteiger partial charge >= 0.3 is 11.9 Å². The molecule has 1 rings (SSSR count). The summed E-state index contributed by atoms with van der Waals surface area (Å²) in [5, 5.41) is 0. The van der Waals surface area contributed by atoms with Crippen molar-refractivity contribution in [1.82, 2.24) is 0 Å². The fourth-order valence-corrected chi connectivity index (χ4v) is 4.94. The second-order valence-corrected chi connectivity index (χ2v) is 13.0. The third kappa shape index (κ3) is 34.8. The van der Waals surface area contributed by atoms with E-state index < -0.39 is 0 Å². The number of hydrogen-bond acceptors (Lipinski definition) is 4. The van der Waals surface area contributed by atoms with E-state index in [2.05, 4.69) is 148 Å². The van der Waals surface area contributed by atoms with Gasteiger partial charge in [0, 0.05) is 19.3 Å². The molecule has 0 aliphatic rings. The Morgan fingerprint density at radius 3 is 1.05 bits per heavy atom. The number of carbonyl (C=O) groups is 2. The minimum absolute atomic E-state index is 0.193. The molecule has 0 aliphatic carbocycles. The Balaban J connectivity index is 2.06. The lowest BCUT2D eigenvalue weighted by Crippen LogP contribution is -2.08. The van der Waals surface area contributed by atoms with E-state index >= 15 is 0 Å². The second-order valence-electron chi connectivity index (χ2n) is 13.0. The first kappa shape index (κ1) is 49.1. The molecule has 0 saturated carbocycles. The van der Waals surface area contributed by atoms with E-state index in [1.807, 2.05) is 24.3 Å². The van der Waals surface area contributed by atoms with Crippen LogP contribution in [-0.4, -0.2) is 18.5 Å². The molecule has 0 radical (unpaired) electrons. The molecule has 302 valence electrons. The summed E-state index contributed by atoms with van der Waals surface area (Å²) >= 11 is 0. The number of hydrogen-bond donors (Lipinski definition) is 0. The SMILES string of the molecule is CCC=CCC=CCC=CCC=CCC=CCC=CCCC(=O)OCCc1ccc(OC(=O)CCC=CCC=CCC=CCC=CCC=CCC=CCC)cc1. The maximum Gasteiger partial charge on any atom is 0.311 e. The molecule has 0 spiro atoms. The Morgan fingerprint density at radius 2 is 0.714 bits per heavy atom. The molecular weight excluding hydrogens is 689 g/mol. The molecule has 0 atom stereocenters. The van der Waals surface area contributed by atoms with Gasteiger partial charge in [-0.05, 0) is 108 Å². The number of carbonyl (C=O) groups excluding carboxylic acids is 2. The molecule has 4 heteroatoms. The van der Waals surface area contributed by atoms with Crippen LogP contribution >= 0.6 is 0 Å². The summed E-state index contributed by atoms with van der Waals surface area (Å²) in [6, 6.07) is 7.38. The van der Waals surface area contributed by atoms with Crippen molar-refractivity contribution in [2.24, 2.45) is 0 Å². The number of ether oxygens (including phenoxy) is 2. The molecule has 0 fully saturated rings. The van der Waals surface area contributed by atoms with Gasteiger partial charge in [0.05, 0.1) is 6.61 Å². The van der Waals surface area contributed by atoms with Crippen LogP contribution in [0.25, 0.3) is 0 Å². The molecule has 0 saturated heterocycles. The second kappa shape index (κ2) is 39.7. The topological polar surface area (TPSA) is 52.6 Å². The van der Waals surface area contributed by atoms with E-state index in [0.717, 1.165) is 82.6 Å². The summed E-state index contributed by atoms with van der Waals surface area (Å²) in [7, 11) is 0. The van der Waals surface area contributed by atoms with Crippen LogP contribution < -0.4 is 4.74 Å². The Bertz CT molecular complexity index is 1490. The van der Waals surface area contributed by atoms with Gasteiger partial charge in [-0.2, -0.15) is 0 Å². The van der Waals surface area contributed by atoms with Crippen molar-refractivity contribution in [2.45, 2.75) is 123 Å². The molecule has 0 aliphatic heterocycles. The van der Waals surface area contributed by atoms with Crippen LogP contribution in [0.4, 0.5) is 0 Å². The van der Waals surface area contributed by atoms with Crippen molar-refractivity contribution in [3.63, 3.8) is 0 Å². The number of esters is 2. The van der Waals surface area contributed by atoms with Gasteiger partial charge in [0.2, 0.25) is 0 Å². The molecule has 4 nitrogen and oxygen atoms in total. The Labute approximate surface area is 340 Å². The van der Waals surface area contributed by atoms with Crippen molar-refractivity contribution in [1.29, 1.82) is 0 Å². The van der Waals surface area contributed by atoms with Crippen LogP contribution in [0.3, 0.4) is 0 Å². The van der Waals surface area contributed by atoms with Crippen molar-refractivity contribution >= 4 is 11.9 Å². The lowest BCUT2D eigenvalue weighted by molar-refractivity contribution is -0.143. The highest BCUT2D eigenvalue weighted by Crippen LogP contribution is 2.14. The van der Waals surface area contributed by atoms with Gasteiger partial charge in [0.1, 0.15) is 5.75 Å². The minimum atomic E-state index is -0.252. The molecular formula is C52H70O4. The predicted octanol–water partition coefficient (Wildman–Crippen LogP) is 14.6. The van der Waals surface area contributed by atoms with E-state index in [4.69, 9.17) is 9.47 Å². The first-order valence-electron chi connectivity index (χ1n) is 20.9. The fraction of sp³-hybridized carbons (Fsp3) is 0.385. The molecule has 1 aromatic carbocycles. The molecule has 56 heavy (non-hydrogen) atoms. The lowest BCUT2D eigenvalue weighted by atomic mass is 10.1. The monoisotopic (exact) mass is 759 g/mol. The summed E-state index contributed by atoms with van der Waals surface area (Å²) in [6.07, 6.45) is 66.4. The average molecular weight is 759 g/mol. The van der Waals surface area contributed by atoms with Gasteiger partial charge in [0.15, 0.2) is 0 Å². The van der Waals surface area contributed by atoms with Gasteiger partial charge in [-0.3, -0.25) is 9.59 Å². The standard InChI is InChI=1S/C52H70O4/c1-3-5-7-9-11-13-15-17-19-21-23-25-27-29-31-33-35-37-39-41-51(53)55-48-47-49-43-45-50(46-44-49)56-52(54)42-40-38-36-34-32-30-28-26-24-22-20-18-16-14-12-10-8-6-4-2/h5-8,11-14,17-20,23-26,29-32,35-38,43-46H,3-4,9-10,15-16,21-22,27-28,33-34,39-42,47-48H2,1-2H3. The molecule has 0 heterocycles. The van der Waals surface area contributed by atoms with Crippen LogP contribution in [0.15, 0.2) is 170 Å². The van der Waals surface area contributed by atoms with Crippen LogP contribution in [0.1, 0.15) is 122 Å². The maximum absolute atomic E-state index is 12.2. The van der Waals surface area contributed by atoms with Crippen LogP contribution in [0, 0.1) is 0 Å². The zero-order chi connectivity index (χ0) is 40.3. The molecule has 0 N–H and O–H groups in total. The highest BCUT2D eigenvalue weighted by Gasteiger charge is 2.05. The van der Waals surface area contributed by atoms with Crippen molar-refractivity contribution in [3.05, 3.63) is 176 Å². The van der Waals surface area contributed by atoms with E-state index in [1.54, 1.807) is 12.1 Å².